The summed E-state index contributed by atoms with van der Waals surface area (Å²) in [4.78, 5) is 42.7. The van der Waals surface area contributed by atoms with E-state index in [9.17, 15) is 14.4 Å². The molecule has 1 aromatic heterocycles. The molecule has 0 bridgehead atoms. The number of benzene rings is 1. The molecule has 9 nitrogen and oxygen atoms in total. The van der Waals surface area contributed by atoms with Gasteiger partial charge in [0.15, 0.2) is 5.82 Å². The van der Waals surface area contributed by atoms with E-state index in [0.29, 0.717) is 43.6 Å². The molecular weight excluding hydrogens is 384 g/mol. The highest BCUT2D eigenvalue weighted by molar-refractivity contribution is 5.83. The molecule has 0 aliphatic carbocycles. The lowest BCUT2D eigenvalue weighted by Gasteiger charge is -2.12. The van der Waals surface area contributed by atoms with Gasteiger partial charge in [-0.05, 0) is 6.92 Å². The third kappa shape index (κ3) is 8.68. The molecule has 0 unspecified atom stereocenters. The Labute approximate surface area is 176 Å². The minimum absolute atomic E-state index is 0.00349. The third-order valence-electron chi connectivity index (χ3n) is 4.02. The standard InChI is InChI=1S/C21H28N6O3/c1-15(28)8-9-20(30)25-13-12-24-19-14-18(23-11-10-22-16(2)29)26-21(27-19)17-6-4-3-5-7-17/h3-7,14H,8-13H2,1-2H3,(H,22,29)(H,25,30)(H2,23,24,26,27). The molecule has 0 atom stereocenters. The molecule has 4 N–H and O–H groups in total. The second-order valence-electron chi connectivity index (χ2n) is 6.72. The predicted molar refractivity (Wildman–Crippen MR) is 116 cm³/mol. The highest BCUT2D eigenvalue weighted by atomic mass is 16.2. The van der Waals surface area contributed by atoms with Gasteiger partial charge in [0.05, 0.1) is 0 Å². The van der Waals surface area contributed by atoms with Crippen LogP contribution in [0.4, 0.5) is 11.6 Å². The smallest absolute Gasteiger partial charge is 0.220 e. The maximum absolute atomic E-state index is 11.7. The Morgan fingerprint density at radius 1 is 0.800 bits per heavy atom. The minimum atomic E-state index is -0.153. The molecule has 30 heavy (non-hydrogen) atoms. The number of Topliss-reactive ketones (excluding diaryl/α,β-unsaturated/α-hetero) is 1. The molecule has 0 fully saturated rings. The molecular formula is C21H28N6O3. The lowest BCUT2D eigenvalue weighted by atomic mass is 10.2. The quantitative estimate of drug-likeness (QED) is 0.390. The number of hydrogen-bond acceptors (Lipinski definition) is 7. The Hall–Kier alpha value is -3.49. The van der Waals surface area contributed by atoms with Crippen LogP contribution in [0.2, 0.25) is 0 Å². The summed E-state index contributed by atoms with van der Waals surface area (Å²) < 4.78 is 0. The summed E-state index contributed by atoms with van der Waals surface area (Å²) in [5.74, 6) is 1.56. The van der Waals surface area contributed by atoms with Crippen LogP contribution in [0.5, 0.6) is 0 Å². The fraction of sp³-hybridized carbons (Fsp3) is 0.381. The maximum Gasteiger partial charge on any atom is 0.220 e. The number of rotatable bonds is 12. The highest BCUT2D eigenvalue weighted by Crippen LogP contribution is 2.19. The van der Waals surface area contributed by atoms with E-state index in [4.69, 9.17) is 0 Å². The fourth-order valence-corrected chi connectivity index (χ4v) is 2.54. The van der Waals surface area contributed by atoms with Crippen molar-refractivity contribution >= 4 is 29.2 Å². The molecule has 2 amide bonds. The zero-order chi connectivity index (χ0) is 21.8. The molecule has 0 radical (unpaired) electrons. The van der Waals surface area contributed by atoms with E-state index in [0.717, 1.165) is 5.56 Å². The van der Waals surface area contributed by atoms with Crippen molar-refractivity contribution < 1.29 is 14.4 Å². The van der Waals surface area contributed by atoms with E-state index in [-0.39, 0.29) is 30.4 Å². The summed E-state index contributed by atoms with van der Waals surface area (Å²) in [5.41, 5.74) is 0.878. The zero-order valence-corrected chi connectivity index (χ0v) is 17.3. The number of hydrogen-bond donors (Lipinski definition) is 4. The van der Waals surface area contributed by atoms with Crippen LogP contribution in [0, 0.1) is 0 Å². The molecule has 0 saturated heterocycles. The first-order valence-corrected chi connectivity index (χ1v) is 9.87. The van der Waals surface area contributed by atoms with Crippen molar-refractivity contribution in [3.05, 3.63) is 36.4 Å². The van der Waals surface area contributed by atoms with E-state index >= 15 is 0 Å². The molecule has 0 spiro atoms. The SMILES string of the molecule is CC(=O)CCC(=O)NCCNc1cc(NCCNC(C)=O)nc(-c2ccccc2)n1. The van der Waals surface area contributed by atoms with Gasteiger partial charge >= 0.3 is 0 Å². The van der Waals surface area contributed by atoms with Gasteiger partial charge in [-0.15, -0.1) is 0 Å². The number of ketones is 1. The number of carbonyl (C=O) groups is 3. The lowest BCUT2D eigenvalue weighted by molar-refractivity contribution is -0.124. The van der Waals surface area contributed by atoms with Crippen LogP contribution in [0.25, 0.3) is 11.4 Å². The number of anilines is 2. The van der Waals surface area contributed by atoms with Crippen molar-refractivity contribution in [3.63, 3.8) is 0 Å². The number of amides is 2. The Kier molecular flexibility index (Phi) is 9.23. The highest BCUT2D eigenvalue weighted by Gasteiger charge is 2.07. The van der Waals surface area contributed by atoms with E-state index in [1.807, 2.05) is 30.3 Å². The first kappa shape index (κ1) is 22.8. The van der Waals surface area contributed by atoms with Crippen LogP contribution in [0.1, 0.15) is 26.7 Å². The summed E-state index contributed by atoms with van der Waals surface area (Å²) in [6, 6.07) is 11.4. The predicted octanol–water partition coefficient (Wildman–Crippen LogP) is 1.59. The Bertz CT molecular complexity index is 857. The lowest BCUT2D eigenvalue weighted by Crippen LogP contribution is -2.29. The van der Waals surface area contributed by atoms with E-state index in [1.54, 1.807) is 6.07 Å². The zero-order valence-electron chi connectivity index (χ0n) is 17.3. The summed E-state index contributed by atoms with van der Waals surface area (Å²) in [6.45, 7) is 4.83. The molecule has 9 heteroatoms. The number of carbonyl (C=O) groups excluding carboxylic acids is 3. The van der Waals surface area contributed by atoms with Crippen LogP contribution in [-0.2, 0) is 14.4 Å². The van der Waals surface area contributed by atoms with Crippen molar-refractivity contribution in [2.24, 2.45) is 0 Å². The van der Waals surface area contributed by atoms with Gasteiger partial charge in [-0.25, -0.2) is 9.97 Å². The normalized spacial score (nSPS) is 10.2. The van der Waals surface area contributed by atoms with Crippen molar-refractivity contribution in [2.75, 3.05) is 36.8 Å². The average Bonchev–Trinajstić information content (AvgIpc) is 2.73. The van der Waals surface area contributed by atoms with Gasteiger partial charge in [0.1, 0.15) is 17.4 Å². The van der Waals surface area contributed by atoms with Crippen LogP contribution in [0.15, 0.2) is 36.4 Å². The number of nitrogens with one attached hydrogen (secondary N) is 4. The largest absolute Gasteiger partial charge is 0.368 e. The van der Waals surface area contributed by atoms with Crippen molar-refractivity contribution in [1.82, 2.24) is 20.6 Å². The van der Waals surface area contributed by atoms with Crippen molar-refractivity contribution in [2.45, 2.75) is 26.7 Å². The third-order valence-corrected chi connectivity index (χ3v) is 4.02. The van der Waals surface area contributed by atoms with E-state index in [1.165, 1.54) is 13.8 Å². The van der Waals surface area contributed by atoms with Crippen LogP contribution < -0.4 is 21.3 Å². The van der Waals surface area contributed by atoms with Gasteiger partial charge < -0.3 is 26.1 Å². The van der Waals surface area contributed by atoms with Gasteiger partial charge in [-0.1, -0.05) is 30.3 Å². The van der Waals surface area contributed by atoms with Crippen LogP contribution in [0.3, 0.4) is 0 Å². The first-order chi connectivity index (χ1) is 14.4. The minimum Gasteiger partial charge on any atom is -0.368 e. The van der Waals surface area contributed by atoms with Crippen LogP contribution in [-0.4, -0.2) is 53.7 Å². The monoisotopic (exact) mass is 412 g/mol. The molecule has 2 aromatic rings. The molecule has 1 heterocycles. The van der Waals surface area contributed by atoms with Crippen molar-refractivity contribution in [3.8, 4) is 11.4 Å². The number of nitrogens with zero attached hydrogens (tertiary/aromatic N) is 2. The van der Waals surface area contributed by atoms with Gasteiger partial charge in [0, 0.05) is 57.6 Å². The summed E-state index contributed by atoms with van der Waals surface area (Å²) in [5, 5.41) is 11.9. The van der Waals surface area contributed by atoms with Crippen molar-refractivity contribution in [1.29, 1.82) is 0 Å². The first-order valence-electron chi connectivity index (χ1n) is 9.87. The van der Waals surface area contributed by atoms with E-state index < -0.39 is 0 Å². The van der Waals surface area contributed by atoms with Gasteiger partial charge in [-0.3, -0.25) is 9.59 Å². The molecule has 1 aromatic carbocycles. The fourth-order valence-electron chi connectivity index (χ4n) is 2.54. The van der Waals surface area contributed by atoms with Gasteiger partial charge in [0.25, 0.3) is 0 Å². The topological polar surface area (TPSA) is 125 Å². The van der Waals surface area contributed by atoms with E-state index in [2.05, 4.69) is 31.2 Å². The Balaban J connectivity index is 1.97. The molecule has 0 aliphatic heterocycles. The summed E-state index contributed by atoms with van der Waals surface area (Å²) in [7, 11) is 0. The van der Waals surface area contributed by atoms with Gasteiger partial charge in [-0.2, -0.15) is 0 Å². The summed E-state index contributed by atoms with van der Waals surface area (Å²) in [6.07, 6.45) is 0.447. The Morgan fingerprint density at radius 2 is 1.40 bits per heavy atom. The maximum atomic E-state index is 11.7. The number of aromatic nitrogens is 2. The molecule has 0 saturated carbocycles. The van der Waals surface area contributed by atoms with Gasteiger partial charge in [0.2, 0.25) is 11.8 Å². The Morgan fingerprint density at radius 3 is 1.97 bits per heavy atom. The molecule has 2 rings (SSSR count). The molecule has 160 valence electrons. The molecule has 0 aliphatic rings. The second kappa shape index (κ2) is 12.2. The second-order valence-corrected chi connectivity index (χ2v) is 6.72. The van der Waals surface area contributed by atoms with Crippen LogP contribution >= 0.6 is 0 Å². The average molecular weight is 412 g/mol. The summed E-state index contributed by atoms with van der Waals surface area (Å²) >= 11 is 0.